The van der Waals surface area contributed by atoms with E-state index in [4.69, 9.17) is 5.10 Å². The molecule has 1 aromatic heterocycles. The largest absolute Gasteiger partial charge is 0.508 e. The Morgan fingerprint density at radius 3 is 2.69 bits per heavy atom. The average molecular weight is 432 g/mol. The van der Waals surface area contributed by atoms with Crippen LogP contribution in [0.1, 0.15) is 19.4 Å². The molecule has 0 radical (unpaired) electrons. The van der Waals surface area contributed by atoms with Gasteiger partial charge in [-0.25, -0.2) is 4.68 Å². The number of hydrogen-bond donors (Lipinski definition) is 2. The second kappa shape index (κ2) is 7.88. The number of phenolic OH excluding ortho intramolecular Hbond substituents is 2. The lowest BCUT2D eigenvalue weighted by molar-refractivity contribution is 0.450. The summed E-state index contributed by atoms with van der Waals surface area (Å²) < 4.78 is 2.77. The molecule has 0 atom stereocenters. The molecular formula is C19H18BrN3O2S. The quantitative estimate of drug-likeness (QED) is 0.593. The Balaban J connectivity index is 2.17. The maximum Gasteiger partial charge on any atom is 0.206 e. The average Bonchev–Trinajstić information content (AvgIpc) is 2.97. The predicted octanol–water partition coefficient (Wildman–Crippen LogP) is 4.58. The van der Waals surface area contributed by atoms with Crippen molar-refractivity contribution >= 4 is 33.0 Å². The number of aromatic hydroxyl groups is 2. The molecule has 0 aliphatic rings. The van der Waals surface area contributed by atoms with Gasteiger partial charge in [0, 0.05) is 33.6 Å². The fourth-order valence-corrected chi connectivity index (χ4v) is 3.81. The van der Waals surface area contributed by atoms with Gasteiger partial charge in [-0.15, -0.1) is 11.3 Å². The van der Waals surface area contributed by atoms with Gasteiger partial charge in [0.2, 0.25) is 4.80 Å². The maximum absolute atomic E-state index is 10.1. The molecule has 2 aromatic carbocycles. The van der Waals surface area contributed by atoms with Gasteiger partial charge >= 0.3 is 0 Å². The second-order valence-electron chi connectivity index (χ2n) is 5.59. The summed E-state index contributed by atoms with van der Waals surface area (Å²) in [5, 5.41) is 26.3. The van der Waals surface area contributed by atoms with Gasteiger partial charge in [-0.1, -0.05) is 28.1 Å². The lowest BCUT2D eigenvalue weighted by Crippen LogP contribution is -2.14. The SMILES string of the molecule is CCN=c1scc(-c2cccc(Br)c2)n1N=C(C)c1ccc(O)cc1O. The minimum Gasteiger partial charge on any atom is -0.508 e. The number of halogens is 1. The Bertz CT molecular complexity index is 1040. The van der Waals surface area contributed by atoms with Crippen LogP contribution in [0.15, 0.2) is 62.4 Å². The zero-order valence-corrected chi connectivity index (χ0v) is 16.8. The van der Waals surface area contributed by atoms with Gasteiger partial charge in [-0.2, -0.15) is 5.10 Å². The van der Waals surface area contributed by atoms with Crippen molar-refractivity contribution in [3.05, 3.63) is 62.7 Å². The van der Waals surface area contributed by atoms with Gasteiger partial charge in [0.1, 0.15) is 11.5 Å². The zero-order chi connectivity index (χ0) is 18.7. The molecule has 0 saturated carbocycles. The van der Waals surface area contributed by atoms with Crippen LogP contribution in [-0.2, 0) is 0 Å². The van der Waals surface area contributed by atoms with E-state index in [-0.39, 0.29) is 11.5 Å². The molecule has 0 spiro atoms. The van der Waals surface area contributed by atoms with Crippen molar-refractivity contribution in [1.29, 1.82) is 0 Å². The smallest absolute Gasteiger partial charge is 0.206 e. The summed E-state index contributed by atoms with van der Waals surface area (Å²) in [5.41, 5.74) is 3.11. The Labute approximate surface area is 163 Å². The summed E-state index contributed by atoms with van der Waals surface area (Å²) in [5.74, 6) is -0.00111. The minimum absolute atomic E-state index is 0.0127. The second-order valence-corrected chi connectivity index (χ2v) is 7.34. The van der Waals surface area contributed by atoms with Crippen molar-refractivity contribution in [3.8, 4) is 22.8 Å². The first-order valence-corrected chi connectivity index (χ1v) is 9.71. The number of phenols is 2. The van der Waals surface area contributed by atoms with E-state index in [9.17, 15) is 10.2 Å². The predicted molar refractivity (Wildman–Crippen MR) is 109 cm³/mol. The van der Waals surface area contributed by atoms with E-state index in [1.54, 1.807) is 10.7 Å². The van der Waals surface area contributed by atoms with Crippen LogP contribution in [0.5, 0.6) is 11.5 Å². The third-order valence-electron chi connectivity index (χ3n) is 3.72. The van der Waals surface area contributed by atoms with Crippen molar-refractivity contribution in [2.45, 2.75) is 13.8 Å². The Morgan fingerprint density at radius 2 is 2.00 bits per heavy atom. The normalized spacial score (nSPS) is 12.6. The number of benzene rings is 2. The van der Waals surface area contributed by atoms with Crippen LogP contribution in [0.3, 0.4) is 0 Å². The molecule has 0 amide bonds. The van der Waals surface area contributed by atoms with Crippen LogP contribution in [0.2, 0.25) is 0 Å². The summed E-state index contributed by atoms with van der Waals surface area (Å²) in [4.78, 5) is 5.30. The van der Waals surface area contributed by atoms with Crippen LogP contribution >= 0.6 is 27.3 Å². The van der Waals surface area contributed by atoms with Gasteiger partial charge < -0.3 is 10.2 Å². The highest BCUT2D eigenvalue weighted by molar-refractivity contribution is 9.10. The molecule has 7 heteroatoms. The molecule has 0 aliphatic carbocycles. The zero-order valence-electron chi connectivity index (χ0n) is 14.3. The molecule has 5 nitrogen and oxygen atoms in total. The third kappa shape index (κ3) is 3.89. The fraction of sp³-hybridized carbons (Fsp3) is 0.158. The van der Waals surface area contributed by atoms with Gasteiger partial charge in [0.05, 0.1) is 11.4 Å². The van der Waals surface area contributed by atoms with Crippen LogP contribution in [0, 0.1) is 0 Å². The summed E-state index contributed by atoms with van der Waals surface area (Å²) in [6.07, 6.45) is 0. The van der Waals surface area contributed by atoms with Crippen LogP contribution < -0.4 is 4.80 Å². The highest BCUT2D eigenvalue weighted by Crippen LogP contribution is 2.26. The van der Waals surface area contributed by atoms with Crippen molar-refractivity contribution in [2.24, 2.45) is 10.1 Å². The van der Waals surface area contributed by atoms with Crippen molar-refractivity contribution in [3.63, 3.8) is 0 Å². The number of rotatable bonds is 4. The number of thiazole rings is 1. The first-order chi connectivity index (χ1) is 12.5. The summed E-state index contributed by atoms with van der Waals surface area (Å²) >= 11 is 5.02. The standard InChI is InChI=1S/C19H18BrN3O2S/c1-3-21-19-23(17(11-26-19)13-5-4-6-14(20)9-13)22-12(2)16-8-7-15(24)10-18(16)25/h4-11,24-25H,3H2,1-2H3. The summed E-state index contributed by atoms with van der Waals surface area (Å²) in [6, 6.07) is 12.5. The van der Waals surface area contributed by atoms with Gasteiger partial charge in [0.25, 0.3) is 0 Å². The van der Waals surface area contributed by atoms with E-state index in [1.165, 1.54) is 23.5 Å². The van der Waals surface area contributed by atoms with E-state index < -0.39 is 0 Å². The van der Waals surface area contributed by atoms with Crippen molar-refractivity contribution in [2.75, 3.05) is 6.54 Å². The highest BCUT2D eigenvalue weighted by atomic mass is 79.9. The van der Waals surface area contributed by atoms with Crippen molar-refractivity contribution < 1.29 is 10.2 Å². The fourth-order valence-electron chi connectivity index (χ4n) is 2.52. The Hall–Kier alpha value is -2.38. The summed E-state index contributed by atoms with van der Waals surface area (Å²) in [7, 11) is 0. The van der Waals surface area contributed by atoms with Crippen LogP contribution in [-0.4, -0.2) is 27.1 Å². The Morgan fingerprint density at radius 1 is 1.19 bits per heavy atom. The molecule has 0 bridgehead atoms. The van der Waals surface area contributed by atoms with E-state index in [0.29, 0.717) is 17.8 Å². The van der Waals surface area contributed by atoms with E-state index in [0.717, 1.165) is 20.5 Å². The molecule has 3 rings (SSSR count). The van der Waals surface area contributed by atoms with E-state index in [2.05, 4.69) is 20.9 Å². The highest BCUT2D eigenvalue weighted by Gasteiger charge is 2.11. The van der Waals surface area contributed by atoms with Crippen molar-refractivity contribution in [1.82, 2.24) is 4.68 Å². The maximum atomic E-state index is 10.1. The lowest BCUT2D eigenvalue weighted by Gasteiger charge is -2.08. The molecule has 134 valence electrons. The molecule has 26 heavy (non-hydrogen) atoms. The number of hydrogen-bond acceptors (Lipinski definition) is 5. The Kier molecular flexibility index (Phi) is 5.58. The molecule has 0 unspecified atom stereocenters. The monoisotopic (exact) mass is 431 g/mol. The first kappa shape index (κ1) is 18.4. The topological polar surface area (TPSA) is 70.1 Å². The third-order valence-corrected chi connectivity index (χ3v) is 5.07. The summed E-state index contributed by atoms with van der Waals surface area (Å²) in [6.45, 7) is 4.44. The molecule has 1 heterocycles. The molecular weight excluding hydrogens is 414 g/mol. The molecule has 0 fully saturated rings. The van der Waals surface area contributed by atoms with Gasteiger partial charge in [0.15, 0.2) is 0 Å². The number of aromatic nitrogens is 1. The molecule has 0 aliphatic heterocycles. The van der Waals surface area contributed by atoms with Gasteiger partial charge in [-0.05, 0) is 38.1 Å². The van der Waals surface area contributed by atoms with Crippen LogP contribution in [0.25, 0.3) is 11.3 Å². The van der Waals surface area contributed by atoms with Crippen LogP contribution in [0.4, 0.5) is 0 Å². The van der Waals surface area contributed by atoms with E-state index >= 15 is 0 Å². The molecule has 0 saturated heterocycles. The molecule has 3 aromatic rings. The van der Waals surface area contributed by atoms with Gasteiger partial charge in [-0.3, -0.25) is 4.99 Å². The first-order valence-electron chi connectivity index (χ1n) is 8.04. The van der Waals surface area contributed by atoms with E-state index in [1.807, 2.05) is 43.5 Å². The molecule has 2 N–H and O–H groups in total. The number of nitrogens with zero attached hydrogens (tertiary/aromatic N) is 3. The lowest BCUT2D eigenvalue weighted by atomic mass is 10.1. The minimum atomic E-state index is -0.0138.